The van der Waals surface area contributed by atoms with Gasteiger partial charge in [0, 0.05) is 17.7 Å². The Morgan fingerprint density at radius 2 is 1.94 bits per heavy atom. The van der Waals surface area contributed by atoms with Gasteiger partial charge in [0.05, 0.1) is 25.8 Å². The van der Waals surface area contributed by atoms with E-state index in [9.17, 15) is 10.1 Å². The minimum Gasteiger partial charge on any atom is -0.493 e. The van der Waals surface area contributed by atoms with Crippen LogP contribution in [0.1, 0.15) is 46.9 Å². The molecule has 0 saturated carbocycles. The van der Waals surface area contributed by atoms with E-state index in [1.165, 1.54) is 10.4 Å². The average Bonchev–Trinajstić information content (AvgIpc) is 3.44. The molecule has 5 nitrogen and oxygen atoms in total. The molecule has 0 spiro atoms. The van der Waals surface area contributed by atoms with Crippen LogP contribution in [0.3, 0.4) is 0 Å². The number of nitrogens with zero attached hydrogens (tertiary/aromatic N) is 2. The van der Waals surface area contributed by atoms with Crippen LogP contribution in [0.2, 0.25) is 0 Å². The van der Waals surface area contributed by atoms with E-state index in [-0.39, 0.29) is 5.91 Å². The molecule has 1 aliphatic carbocycles. The minimum atomic E-state index is 0.00794. The molecule has 0 fully saturated rings. The number of hydrogen-bond donors (Lipinski definition) is 0. The Balaban J connectivity index is 1.52. The molecule has 6 heteroatoms. The topological polar surface area (TPSA) is 62.6 Å². The van der Waals surface area contributed by atoms with Crippen molar-refractivity contribution in [2.45, 2.75) is 45.6 Å². The lowest BCUT2D eigenvalue weighted by Crippen LogP contribution is -2.29. The molecule has 1 aliphatic rings. The van der Waals surface area contributed by atoms with Crippen molar-refractivity contribution in [3.05, 3.63) is 75.7 Å². The Labute approximate surface area is 199 Å². The molecule has 0 N–H and O–H groups in total. The van der Waals surface area contributed by atoms with Gasteiger partial charge in [0.2, 0.25) is 5.91 Å². The van der Waals surface area contributed by atoms with Crippen LogP contribution < -0.4 is 14.4 Å². The molecule has 3 aromatic rings. The summed E-state index contributed by atoms with van der Waals surface area (Å²) in [6, 6.07) is 18.3. The number of thiophene rings is 1. The highest BCUT2D eigenvalue weighted by Gasteiger charge is 2.28. The van der Waals surface area contributed by atoms with Crippen molar-refractivity contribution in [3.8, 4) is 17.6 Å². The van der Waals surface area contributed by atoms with Crippen LogP contribution in [0.4, 0.5) is 5.00 Å². The highest BCUT2D eigenvalue weighted by Crippen LogP contribution is 2.41. The van der Waals surface area contributed by atoms with Gasteiger partial charge in [-0.3, -0.25) is 9.69 Å². The van der Waals surface area contributed by atoms with Gasteiger partial charge in [-0.2, -0.15) is 5.26 Å². The number of benzene rings is 2. The molecule has 170 valence electrons. The minimum absolute atomic E-state index is 0.00794. The number of methoxy groups -OCH3 is 1. The van der Waals surface area contributed by atoms with Crippen LogP contribution in [0.15, 0.2) is 48.5 Å². The van der Waals surface area contributed by atoms with Gasteiger partial charge >= 0.3 is 0 Å². The predicted octanol–water partition coefficient (Wildman–Crippen LogP) is 5.68. The summed E-state index contributed by atoms with van der Waals surface area (Å²) in [5.74, 6) is 1.32. The second kappa shape index (κ2) is 10.5. The van der Waals surface area contributed by atoms with Crippen molar-refractivity contribution in [2.75, 3.05) is 18.6 Å². The van der Waals surface area contributed by atoms with Crippen molar-refractivity contribution in [1.29, 1.82) is 5.26 Å². The Hall–Kier alpha value is -3.30. The quantitative estimate of drug-likeness (QED) is 0.412. The summed E-state index contributed by atoms with van der Waals surface area (Å²) < 4.78 is 11.6. The molecule has 2 aromatic carbocycles. The molecule has 0 saturated heterocycles. The third kappa shape index (κ3) is 5.04. The largest absolute Gasteiger partial charge is 0.493 e. The van der Waals surface area contributed by atoms with E-state index in [1.807, 2.05) is 43.3 Å². The lowest BCUT2D eigenvalue weighted by atomic mass is 10.1. The fourth-order valence-electron chi connectivity index (χ4n) is 4.20. The van der Waals surface area contributed by atoms with E-state index in [0.717, 1.165) is 41.8 Å². The number of carbonyl (C=O) groups excluding carboxylic acids is 1. The summed E-state index contributed by atoms with van der Waals surface area (Å²) in [7, 11) is 1.62. The number of anilines is 1. The van der Waals surface area contributed by atoms with Crippen LogP contribution in [-0.2, 0) is 30.6 Å². The summed E-state index contributed by atoms with van der Waals surface area (Å²) in [5.41, 5.74) is 3.95. The van der Waals surface area contributed by atoms with Crippen LogP contribution in [-0.4, -0.2) is 19.6 Å². The molecule has 0 unspecified atom stereocenters. The average molecular weight is 461 g/mol. The second-order valence-electron chi connectivity index (χ2n) is 8.05. The van der Waals surface area contributed by atoms with Gasteiger partial charge in [-0.25, -0.2) is 0 Å². The van der Waals surface area contributed by atoms with Crippen LogP contribution in [0.5, 0.6) is 11.5 Å². The van der Waals surface area contributed by atoms with E-state index in [2.05, 4.69) is 18.2 Å². The van der Waals surface area contributed by atoms with Gasteiger partial charge in [0.15, 0.2) is 11.5 Å². The van der Waals surface area contributed by atoms with Gasteiger partial charge in [0.1, 0.15) is 11.1 Å². The SMILES string of the molecule is CCC(=O)N(Cc1ccc(OCCc2ccccc2)c(OC)c1)c1sc2c(c1C#N)CCC2. The third-order valence-corrected chi connectivity index (χ3v) is 7.24. The van der Waals surface area contributed by atoms with Gasteiger partial charge in [-0.15, -0.1) is 11.3 Å². The molecular weight excluding hydrogens is 432 g/mol. The summed E-state index contributed by atoms with van der Waals surface area (Å²) >= 11 is 1.59. The van der Waals surface area contributed by atoms with Crippen molar-refractivity contribution < 1.29 is 14.3 Å². The Bertz CT molecular complexity index is 1160. The van der Waals surface area contributed by atoms with E-state index < -0.39 is 0 Å². The molecule has 1 aromatic heterocycles. The van der Waals surface area contributed by atoms with Crippen LogP contribution in [0, 0.1) is 11.3 Å². The van der Waals surface area contributed by atoms with Crippen LogP contribution >= 0.6 is 11.3 Å². The third-order valence-electron chi connectivity index (χ3n) is 5.92. The maximum absolute atomic E-state index is 12.9. The molecule has 0 bridgehead atoms. The zero-order chi connectivity index (χ0) is 23.2. The van der Waals surface area contributed by atoms with Crippen molar-refractivity contribution in [3.63, 3.8) is 0 Å². The van der Waals surface area contributed by atoms with Gasteiger partial charge in [-0.05, 0) is 48.1 Å². The van der Waals surface area contributed by atoms with Gasteiger partial charge in [-0.1, -0.05) is 43.3 Å². The zero-order valence-electron chi connectivity index (χ0n) is 19.1. The maximum Gasteiger partial charge on any atom is 0.227 e. The number of fused-ring (bicyclic) bond motifs is 1. The first-order valence-corrected chi connectivity index (χ1v) is 12.1. The number of rotatable bonds is 9. The van der Waals surface area contributed by atoms with E-state index in [4.69, 9.17) is 9.47 Å². The zero-order valence-corrected chi connectivity index (χ0v) is 19.9. The number of aryl methyl sites for hydroxylation is 1. The normalized spacial score (nSPS) is 12.2. The Morgan fingerprint density at radius 1 is 1.12 bits per heavy atom. The Morgan fingerprint density at radius 3 is 2.67 bits per heavy atom. The second-order valence-corrected chi connectivity index (χ2v) is 9.14. The number of hydrogen-bond acceptors (Lipinski definition) is 5. The summed E-state index contributed by atoms with van der Waals surface area (Å²) in [5, 5.41) is 10.6. The number of carbonyl (C=O) groups is 1. The smallest absolute Gasteiger partial charge is 0.227 e. The van der Waals surface area contributed by atoms with E-state index >= 15 is 0 Å². The number of ether oxygens (including phenoxy) is 2. The van der Waals surface area contributed by atoms with Crippen molar-refractivity contribution in [2.24, 2.45) is 0 Å². The molecule has 33 heavy (non-hydrogen) atoms. The fourth-order valence-corrected chi connectivity index (χ4v) is 5.55. The van der Waals surface area contributed by atoms with Gasteiger partial charge in [0.25, 0.3) is 0 Å². The van der Waals surface area contributed by atoms with Crippen molar-refractivity contribution in [1.82, 2.24) is 0 Å². The molecule has 4 rings (SSSR count). The monoisotopic (exact) mass is 460 g/mol. The number of nitriles is 1. The summed E-state index contributed by atoms with van der Waals surface area (Å²) in [6.07, 6.45) is 4.19. The number of amides is 1. The first kappa shape index (κ1) is 22.9. The fraction of sp³-hybridized carbons (Fsp3) is 0.333. The van der Waals surface area contributed by atoms with E-state index in [1.54, 1.807) is 23.3 Å². The van der Waals surface area contributed by atoms with E-state index in [0.29, 0.717) is 36.6 Å². The molecular formula is C27H28N2O3S. The van der Waals surface area contributed by atoms with Crippen LogP contribution in [0.25, 0.3) is 0 Å². The molecule has 1 amide bonds. The lowest BCUT2D eigenvalue weighted by Gasteiger charge is -2.22. The van der Waals surface area contributed by atoms with Crippen molar-refractivity contribution >= 4 is 22.2 Å². The molecule has 0 atom stereocenters. The first-order chi connectivity index (χ1) is 16.1. The molecule has 1 heterocycles. The highest BCUT2D eigenvalue weighted by atomic mass is 32.1. The predicted molar refractivity (Wildman–Crippen MR) is 131 cm³/mol. The summed E-state index contributed by atoms with van der Waals surface area (Å²) in [6.45, 7) is 2.79. The molecule has 0 radical (unpaired) electrons. The Kier molecular flexibility index (Phi) is 7.31. The standard InChI is InChI=1S/C27H28N2O3S/c1-3-26(30)29(27-22(17-28)21-10-7-11-25(21)33-27)18-20-12-13-23(24(16-20)31-2)32-15-14-19-8-5-4-6-9-19/h4-6,8-9,12-13,16H,3,7,10-11,14-15,18H2,1-2H3. The maximum atomic E-state index is 12.9. The highest BCUT2D eigenvalue weighted by molar-refractivity contribution is 7.16. The van der Waals surface area contributed by atoms with Gasteiger partial charge < -0.3 is 9.47 Å². The lowest BCUT2D eigenvalue weighted by molar-refractivity contribution is -0.118. The molecule has 0 aliphatic heterocycles. The first-order valence-electron chi connectivity index (χ1n) is 11.3. The summed E-state index contributed by atoms with van der Waals surface area (Å²) in [4.78, 5) is 15.9.